The third-order valence-corrected chi connectivity index (χ3v) is 5.92. The first-order valence-corrected chi connectivity index (χ1v) is 9.47. The Bertz CT molecular complexity index is 804. The van der Waals surface area contributed by atoms with Gasteiger partial charge in [0.1, 0.15) is 0 Å². The number of likely N-dealkylation sites (tertiary alicyclic amines) is 1. The van der Waals surface area contributed by atoms with Gasteiger partial charge in [0.25, 0.3) is 0 Å². The second kappa shape index (κ2) is 6.63. The molecule has 3 heterocycles. The Morgan fingerprint density at radius 1 is 1.15 bits per heavy atom. The van der Waals surface area contributed by atoms with Gasteiger partial charge < -0.3 is 14.8 Å². The van der Waals surface area contributed by atoms with E-state index in [2.05, 4.69) is 11.1 Å². The summed E-state index contributed by atoms with van der Waals surface area (Å²) in [6.07, 6.45) is 4.56. The zero-order valence-electron chi connectivity index (χ0n) is 15.2. The van der Waals surface area contributed by atoms with Crippen molar-refractivity contribution < 1.29 is 9.59 Å². The molecule has 1 aromatic carbocycles. The normalized spacial score (nSPS) is 18.4. The molecule has 26 heavy (non-hydrogen) atoms. The Morgan fingerprint density at radius 2 is 1.92 bits per heavy atom. The molecule has 5 nitrogen and oxygen atoms in total. The maximum atomic E-state index is 13.1. The number of aromatic amines is 1. The molecule has 1 spiro atoms. The van der Waals surface area contributed by atoms with Crippen LogP contribution >= 0.6 is 0 Å². The van der Waals surface area contributed by atoms with E-state index >= 15 is 0 Å². The molecule has 2 amide bonds. The minimum atomic E-state index is -0.442. The van der Waals surface area contributed by atoms with Crippen molar-refractivity contribution in [3.8, 4) is 0 Å². The van der Waals surface area contributed by atoms with Gasteiger partial charge in [0.15, 0.2) is 0 Å². The average molecular weight is 351 g/mol. The van der Waals surface area contributed by atoms with Crippen LogP contribution in [0.25, 0.3) is 0 Å². The molecule has 0 aliphatic carbocycles. The number of piperidine rings is 1. The smallest absolute Gasteiger partial charge is 0.237 e. The number of amides is 2. The number of nitrogens with one attached hydrogen (secondary N) is 1. The van der Waals surface area contributed by atoms with Crippen molar-refractivity contribution in [3.05, 3.63) is 53.9 Å². The van der Waals surface area contributed by atoms with E-state index in [-0.39, 0.29) is 11.8 Å². The van der Waals surface area contributed by atoms with Gasteiger partial charge in [0.2, 0.25) is 11.8 Å². The Morgan fingerprint density at radius 3 is 2.62 bits per heavy atom. The fraction of sp³-hybridized carbons (Fsp3) is 0.429. The third-order valence-electron chi connectivity index (χ3n) is 5.92. The number of fused-ring (bicyclic) bond motifs is 2. The maximum absolute atomic E-state index is 13.1. The first-order chi connectivity index (χ1) is 12.7. The van der Waals surface area contributed by atoms with Gasteiger partial charge in [-0.25, -0.2) is 0 Å². The van der Waals surface area contributed by atoms with Crippen molar-refractivity contribution in [2.45, 2.75) is 38.0 Å². The number of aromatic nitrogens is 1. The lowest BCUT2D eigenvalue weighted by Crippen LogP contribution is -2.50. The zero-order valence-corrected chi connectivity index (χ0v) is 15.2. The van der Waals surface area contributed by atoms with E-state index in [0.717, 1.165) is 23.4 Å². The predicted molar refractivity (Wildman–Crippen MR) is 101 cm³/mol. The maximum Gasteiger partial charge on any atom is 0.237 e. The Balaban J connectivity index is 1.46. The van der Waals surface area contributed by atoms with Crippen LogP contribution in [0.1, 0.15) is 37.4 Å². The lowest BCUT2D eigenvalue weighted by molar-refractivity contribution is -0.135. The molecule has 4 rings (SSSR count). The highest BCUT2D eigenvalue weighted by Gasteiger charge is 2.51. The number of hydrogen-bond acceptors (Lipinski definition) is 2. The first kappa shape index (κ1) is 16.9. The lowest BCUT2D eigenvalue weighted by atomic mass is 9.73. The number of H-pyrrole nitrogens is 1. The summed E-state index contributed by atoms with van der Waals surface area (Å²) in [4.78, 5) is 32.7. The highest BCUT2D eigenvalue weighted by Crippen LogP contribution is 2.47. The van der Waals surface area contributed by atoms with Crippen LogP contribution in [0.2, 0.25) is 0 Å². The summed E-state index contributed by atoms with van der Waals surface area (Å²) in [5, 5.41) is 0. The molecular weight excluding hydrogens is 326 g/mol. The summed E-state index contributed by atoms with van der Waals surface area (Å²) >= 11 is 0. The van der Waals surface area contributed by atoms with Gasteiger partial charge in [-0.05, 0) is 49.9 Å². The van der Waals surface area contributed by atoms with E-state index in [9.17, 15) is 9.59 Å². The van der Waals surface area contributed by atoms with Crippen LogP contribution in [0, 0.1) is 0 Å². The van der Waals surface area contributed by atoms with Gasteiger partial charge in [0.05, 0.1) is 5.41 Å². The third kappa shape index (κ3) is 2.62. The molecule has 2 aliphatic rings. The van der Waals surface area contributed by atoms with Gasteiger partial charge in [0, 0.05) is 43.6 Å². The van der Waals surface area contributed by atoms with Gasteiger partial charge >= 0.3 is 0 Å². The summed E-state index contributed by atoms with van der Waals surface area (Å²) in [5.74, 6) is 0.389. The van der Waals surface area contributed by atoms with Crippen LogP contribution in [0.5, 0.6) is 0 Å². The Kier molecular flexibility index (Phi) is 4.31. The monoisotopic (exact) mass is 351 g/mol. The number of likely N-dealkylation sites (N-methyl/N-ethyl adjacent to an activating group) is 1. The summed E-state index contributed by atoms with van der Waals surface area (Å²) in [5.41, 5.74) is 2.84. The molecule has 1 fully saturated rings. The second-order valence-corrected chi connectivity index (χ2v) is 7.22. The molecule has 0 saturated carbocycles. The molecule has 1 saturated heterocycles. The van der Waals surface area contributed by atoms with E-state index in [0.29, 0.717) is 38.9 Å². The number of aryl methyl sites for hydroxylation is 1. The van der Waals surface area contributed by atoms with Crippen LogP contribution < -0.4 is 4.90 Å². The summed E-state index contributed by atoms with van der Waals surface area (Å²) in [6.45, 7) is 4.02. The Hall–Kier alpha value is -2.56. The van der Waals surface area contributed by atoms with Crippen molar-refractivity contribution >= 4 is 17.5 Å². The average Bonchev–Trinajstić information content (AvgIpc) is 3.27. The number of anilines is 1. The first-order valence-electron chi connectivity index (χ1n) is 9.47. The van der Waals surface area contributed by atoms with E-state index in [4.69, 9.17) is 0 Å². The summed E-state index contributed by atoms with van der Waals surface area (Å²) in [6, 6.07) is 12.1. The van der Waals surface area contributed by atoms with Crippen molar-refractivity contribution in [3.63, 3.8) is 0 Å². The lowest BCUT2D eigenvalue weighted by Gasteiger charge is -2.38. The van der Waals surface area contributed by atoms with Gasteiger partial charge in [-0.3, -0.25) is 9.59 Å². The van der Waals surface area contributed by atoms with Gasteiger partial charge in [-0.15, -0.1) is 0 Å². The Labute approximate surface area is 154 Å². The van der Waals surface area contributed by atoms with Crippen molar-refractivity contribution in [1.29, 1.82) is 0 Å². The van der Waals surface area contributed by atoms with Gasteiger partial charge in [-0.1, -0.05) is 18.2 Å². The van der Waals surface area contributed by atoms with E-state index < -0.39 is 5.41 Å². The number of rotatable bonds is 4. The fourth-order valence-electron chi connectivity index (χ4n) is 4.45. The summed E-state index contributed by atoms with van der Waals surface area (Å²) in [7, 11) is 0. The molecular formula is C21H25N3O2. The standard InChI is InChI=1S/C21H25N3O2/c1-2-24-18-8-4-3-7-17(18)21(20(24)26)11-14-23(15-12-21)19(25)10-9-16-6-5-13-22-16/h3-8,13,22H,2,9-12,14-15H2,1H3. The molecule has 0 bridgehead atoms. The topological polar surface area (TPSA) is 56.4 Å². The molecule has 136 valence electrons. The van der Waals surface area contributed by atoms with Gasteiger partial charge in [-0.2, -0.15) is 0 Å². The van der Waals surface area contributed by atoms with Crippen molar-refractivity contribution in [2.24, 2.45) is 0 Å². The minimum absolute atomic E-state index is 0.181. The molecule has 5 heteroatoms. The van der Waals surface area contributed by atoms with Crippen molar-refractivity contribution in [1.82, 2.24) is 9.88 Å². The fourth-order valence-corrected chi connectivity index (χ4v) is 4.45. The van der Waals surface area contributed by atoms with Crippen molar-refractivity contribution in [2.75, 3.05) is 24.5 Å². The summed E-state index contributed by atoms with van der Waals surface area (Å²) < 4.78 is 0. The minimum Gasteiger partial charge on any atom is -0.365 e. The molecule has 0 radical (unpaired) electrons. The number of carbonyl (C=O) groups excluding carboxylic acids is 2. The number of benzene rings is 1. The number of nitrogens with zero attached hydrogens (tertiary/aromatic N) is 2. The molecule has 0 unspecified atom stereocenters. The van der Waals surface area contributed by atoms with E-state index in [1.165, 1.54) is 0 Å². The highest BCUT2D eigenvalue weighted by atomic mass is 16.2. The largest absolute Gasteiger partial charge is 0.365 e. The zero-order chi connectivity index (χ0) is 18.1. The van der Waals surface area contributed by atoms with E-state index in [1.54, 1.807) is 0 Å². The highest BCUT2D eigenvalue weighted by molar-refractivity contribution is 6.08. The second-order valence-electron chi connectivity index (χ2n) is 7.22. The number of hydrogen-bond donors (Lipinski definition) is 1. The molecule has 2 aliphatic heterocycles. The van der Waals surface area contributed by atoms with Crippen LogP contribution in [-0.2, 0) is 21.4 Å². The van der Waals surface area contributed by atoms with E-state index in [1.807, 2.05) is 53.3 Å². The molecule has 1 N–H and O–H groups in total. The number of carbonyl (C=O) groups is 2. The van der Waals surface area contributed by atoms with Crippen LogP contribution in [0.3, 0.4) is 0 Å². The van der Waals surface area contributed by atoms with Crippen LogP contribution in [0.4, 0.5) is 5.69 Å². The van der Waals surface area contributed by atoms with Crippen LogP contribution in [-0.4, -0.2) is 41.3 Å². The molecule has 2 aromatic rings. The van der Waals surface area contributed by atoms with Crippen LogP contribution in [0.15, 0.2) is 42.6 Å². The number of para-hydroxylation sites is 1. The molecule has 0 atom stereocenters. The quantitative estimate of drug-likeness (QED) is 0.921. The predicted octanol–water partition coefficient (Wildman–Crippen LogP) is 2.87. The molecule has 1 aromatic heterocycles. The SMILES string of the molecule is CCN1C(=O)C2(CCN(C(=O)CCc3ccc[nH]3)CC2)c2ccccc21.